The second kappa shape index (κ2) is 3.85. The van der Waals surface area contributed by atoms with Crippen LogP contribution in [-0.2, 0) is 6.61 Å². The van der Waals surface area contributed by atoms with Gasteiger partial charge in [0.25, 0.3) is 12.0 Å². The van der Waals surface area contributed by atoms with Gasteiger partial charge in [-0.15, -0.1) is 0 Å². The van der Waals surface area contributed by atoms with Crippen LogP contribution in [-0.4, -0.2) is 10.1 Å². The predicted molar refractivity (Wildman–Crippen MR) is 43.0 cm³/mol. The fourth-order valence-electron chi connectivity index (χ4n) is 0.835. The minimum absolute atomic E-state index is 0.0380. The molecular formula is C7H6ClF2NO2. The molecule has 2 N–H and O–H groups in total. The van der Waals surface area contributed by atoms with E-state index in [4.69, 9.17) is 16.7 Å². The third kappa shape index (κ3) is 2.05. The van der Waals surface area contributed by atoms with E-state index in [1.165, 1.54) is 0 Å². The van der Waals surface area contributed by atoms with Crippen LogP contribution < -0.4 is 5.56 Å². The third-order valence-electron chi connectivity index (χ3n) is 1.49. The summed E-state index contributed by atoms with van der Waals surface area (Å²) in [6.45, 7) is -0.489. The zero-order chi connectivity index (χ0) is 10.0. The molecule has 1 heterocycles. The van der Waals surface area contributed by atoms with Crippen LogP contribution in [0.15, 0.2) is 10.9 Å². The molecule has 3 nitrogen and oxygen atoms in total. The van der Waals surface area contributed by atoms with Crippen molar-refractivity contribution in [1.82, 2.24) is 4.98 Å². The number of pyridine rings is 1. The van der Waals surface area contributed by atoms with Gasteiger partial charge in [-0.25, -0.2) is 8.78 Å². The Balaban J connectivity index is 3.29. The lowest BCUT2D eigenvalue weighted by Crippen LogP contribution is -2.15. The Morgan fingerprint density at radius 2 is 2.23 bits per heavy atom. The summed E-state index contributed by atoms with van der Waals surface area (Å²) in [5, 5.41) is 8.56. The van der Waals surface area contributed by atoms with Crippen molar-refractivity contribution in [3.8, 4) is 0 Å². The average Bonchev–Trinajstić information content (AvgIpc) is 2.07. The van der Waals surface area contributed by atoms with Crippen LogP contribution in [0.3, 0.4) is 0 Å². The van der Waals surface area contributed by atoms with Gasteiger partial charge in [-0.1, -0.05) is 11.6 Å². The number of aromatic nitrogens is 1. The van der Waals surface area contributed by atoms with E-state index in [1.54, 1.807) is 0 Å². The Kier molecular flexibility index (Phi) is 3.00. The molecule has 0 saturated heterocycles. The van der Waals surface area contributed by atoms with Gasteiger partial charge in [0.2, 0.25) is 0 Å². The molecule has 1 rings (SSSR count). The van der Waals surface area contributed by atoms with Gasteiger partial charge in [-0.3, -0.25) is 4.79 Å². The van der Waals surface area contributed by atoms with Gasteiger partial charge in [-0.05, 0) is 6.07 Å². The number of hydrogen-bond donors (Lipinski definition) is 2. The summed E-state index contributed by atoms with van der Waals surface area (Å²) in [6, 6.07) is 0.858. The molecule has 72 valence electrons. The maximum Gasteiger partial charge on any atom is 0.269 e. The Morgan fingerprint density at radius 1 is 1.62 bits per heavy atom. The first-order valence-electron chi connectivity index (χ1n) is 3.37. The molecule has 0 radical (unpaired) electrons. The number of aliphatic hydroxyl groups is 1. The summed E-state index contributed by atoms with van der Waals surface area (Å²) in [6.07, 6.45) is -2.87. The van der Waals surface area contributed by atoms with Crippen LogP contribution in [0.5, 0.6) is 0 Å². The van der Waals surface area contributed by atoms with Crippen molar-refractivity contribution in [2.45, 2.75) is 13.0 Å². The molecule has 1 aromatic rings. The lowest BCUT2D eigenvalue weighted by atomic mass is 10.2. The lowest BCUT2D eigenvalue weighted by Gasteiger charge is -2.03. The highest BCUT2D eigenvalue weighted by molar-refractivity contribution is 6.31. The van der Waals surface area contributed by atoms with Crippen molar-refractivity contribution in [1.29, 1.82) is 0 Å². The van der Waals surface area contributed by atoms with Crippen molar-refractivity contribution in [2.75, 3.05) is 0 Å². The topological polar surface area (TPSA) is 53.1 Å². The van der Waals surface area contributed by atoms with E-state index in [-0.39, 0.29) is 10.7 Å². The Hall–Kier alpha value is -0.940. The average molecular weight is 210 g/mol. The molecule has 0 aromatic carbocycles. The van der Waals surface area contributed by atoms with Crippen molar-refractivity contribution in [3.05, 3.63) is 32.7 Å². The molecule has 13 heavy (non-hydrogen) atoms. The molecule has 0 spiro atoms. The molecular weight excluding hydrogens is 204 g/mol. The number of aliphatic hydroxyl groups excluding tert-OH is 1. The number of aromatic amines is 1. The summed E-state index contributed by atoms with van der Waals surface area (Å²) in [5.41, 5.74) is -1.58. The molecule has 0 aliphatic heterocycles. The Morgan fingerprint density at radius 3 is 2.69 bits per heavy atom. The summed E-state index contributed by atoms with van der Waals surface area (Å²) < 4.78 is 24.2. The van der Waals surface area contributed by atoms with Gasteiger partial charge < -0.3 is 10.1 Å². The highest BCUT2D eigenvalue weighted by atomic mass is 35.5. The highest BCUT2D eigenvalue weighted by Gasteiger charge is 2.14. The van der Waals surface area contributed by atoms with E-state index in [1.807, 2.05) is 0 Å². The van der Waals surface area contributed by atoms with Gasteiger partial charge in [-0.2, -0.15) is 0 Å². The maximum atomic E-state index is 12.1. The predicted octanol–water partition coefficient (Wildman–Crippen LogP) is 1.46. The molecule has 0 aliphatic carbocycles. The van der Waals surface area contributed by atoms with Crippen molar-refractivity contribution >= 4 is 11.6 Å². The summed E-state index contributed by atoms with van der Waals surface area (Å²) in [4.78, 5) is 12.9. The Bertz CT molecular complexity index is 364. The second-order valence-electron chi connectivity index (χ2n) is 2.34. The molecule has 6 heteroatoms. The molecule has 1 aromatic heterocycles. The Labute approximate surface area is 77.0 Å². The van der Waals surface area contributed by atoms with Gasteiger partial charge in [0, 0.05) is 0 Å². The van der Waals surface area contributed by atoms with Crippen LogP contribution in [0.2, 0.25) is 5.02 Å². The zero-order valence-corrected chi connectivity index (χ0v) is 7.11. The number of halogens is 3. The molecule has 0 saturated carbocycles. The first-order valence-corrected chi connectivity index (χ1v) is 3.74. The fraction of sp³-hybridized carbons (Fsp3) is 0.286. The number of H-pyrrole nitrogens is 1. The van der Waals surface area contributed by atoms with Crippen molar-refractivity contribution < 1.29 is 13.9 Å². The van der Waals surface area contributed by atoms with Crippen LogP contribution in [0.25, 0.3) is 0 Å². The highest BCUT2D eigenvalue weighted by Crippen LogP contribution is 2.19. The monoisotopic (exact) mass is 209 g/mol. The smallest absolute Gasteiger partial charge is 0.269 e. The van der Waals surface area contributed by atoms with E-state index in [0.29, 0.717) is 0 Å². The molecule has 0 amide bonds. The minimum atomic E-state index is -2.87. The molecule has 0 aliphatic rings. The number of alkyl halides is 2. The van der Waals surface area contributed by atoms with Crippen molar-refractivity contribution in [2.24, 2.45) is 0 Å². The van der Waals surface area contributed by atoms with E-state index in [9.17, 15) is 13.6 Å². The van der Waals surface area contributed by atoms with Crippen LogP contribution in [0.4, 0.5) is 8.78 Å². The van der Waals surface area contributed by atoms with Gasteiger partial charge in [0.15, 0.2) is 0 Å². The lowest BCUT2D eigenvalue weighted by molar-refractivity contribution is 0.149. The summed E-state index contributed by atoms with van der Waals surface area (Å²) in [7, 11) is 0. The van der Waals surface area contributed by atoms with Crippen LogP contribution in [0, 0.1) is 0 Å². The SMILES string of the molecule is O=c1[nH]c(CO)c(Cl)cc1C(F)F. The molecule has 0 fully saturated rings. The van der Waals surface area contributed by atoms with Crippen LogP contribution >= 0.6 is 11.6 Å². The van der Waals surface area contributed by atoms with Crippen molar-refractivity contribution in [3.63, 3.8) is 0 Å². The zero-order valence-electron chi connectivity index (χ0n) is 6.35. The quantitative estimate of drug-likeness (QED) is 0.775. The van der Waals surface area contributed by atoms with Gasteiger partial charge >= 0.3 is 0 Å². The fourth-order valence-corrected chi connectivity index (χ4v) is 1.06. The summed E-state index contributed by atoms with van der Waals surface area (Å²) in [5.74, 6) is 0. The normalized spacial score (nSPS) is 10.8. The third-order valence-corrected chi connectivity index (χ3v) is 1.83. The first-order chi connectivity index (χ1) is 6.06. The summed E-state index contributed by atoms with van der Waals surface area (Å²) >= 11 is 5.48. The minimum Gasteiger partial charge on any atom is -0.390 e. The van der Waals surface area contributed by atoms with Gasteiger partial charge in [0.1, 0.15) is 0 Å². The van der Waals surface area contributed by atoms with Gasteiger partial charge in [0.05, 0.1) is 22.9 Å². The first kappa shape index (κ1) is 10.1. The molecule has 0 bridgehead atoms. The maximum absolute atomic E-state index is 12.1. The van der Waals surface area contributed by atoms with E-state index < -0.39 is 24.2 Å². The van der Waals surface area contributed by atoms with E-state index in [2.05, 4.69) is 4.98 Å². The molecule has 0 atom stereocenters. The number of rotatable bonds is 2. The second-order valence-corrected chi connectivity index (χ2v) is 2.75. The number of hydrogen-bond acceptors (Lipinski definition) is 2. The van der Waals surface area contributed by atoms with Crippen LogP contribution in [0.1, 0.15) is 17.7 Å². The van der Waals surface area contributed by atoms with E-state index >= 15 is 0 Å². The van der Waals surface area contributed by atoms with E-state index in [0.717, 1.165) is 6.07 Å². The number of nitrogens with one attached hydrogen (secondary N) is 1. The largest absolute Gasteiger partial charge is 0.390 e. The standard InChI is InChI=1S/C7H6ClF2NO2/c8-4-1-3(6(9)10)7(13)11-5(4)2-12/h1,6,12H,2H2,(H,11,13). The molecule has 0 unspecified atom stereocenters.